The van der Waals surface area contributed by atoms with Crippen molar-refractivity contribution in [3.05, 3.63) is 66.9 Å². The first-order valence-electron chi connectivity index (χ1n) is 7.17. The van der Waals surface area contributed by atoms with Crippen molar-refractivity contribution >= 4 is 26.6 Å². The first kappa shape index (κ1) is 15.5. The maximum Gasteiger partial charge on any atom is 0.265 e. The molecule has 2 aromatic carbocycles. The number of benzene rings is 2. The highest BCUT2D eigenvalue weighted by Gasteiger charge is 2.26. The SMILES string of the molecule is O=S(=O)(c1cccc2ncccc12)N(CCO)c1ccccc1. The molecule has 0 amide bonds. The van der Waals surface area contributed by atoms with E-state index in [0.29, 0.717) is 16.6 Å². The monoisotopic (exact) mass is 328 g/mol. The molecule has 3 aromatic rings. The van der Waals surface area contributed by atoms with E-state index in [1.54, 1.807) is 60.8 Å². The molecule has 23 heavy (non-hydrogen) atoms. The standard InChI is InChI=1S/C17H16N2O3S/c20-13-12-19(14-6-2-1-3-7-14)23(21,22)17-10-4-9-16-15(17)8-5-11-18-16/h1-11,20H,12-13H2. The summed E-state index contributed by atoms with van der Waals surface area (Å²) in [7, 11) is -3.81. The van der Waals surface area contributed by atoms with Gasteiger partial charge in [-0.2, -0.15) is 0 Å². The van der Waals surface area contributed by atoms with E-state index in [2.05, 4.69) is 4.98 Å². The fraction of sp³-hybridized carbons (Fsp3) is 0.118. The number of para-hydroxylation sites is 1. The Bertz CT molecular complexity index is 906. The minimum atomic E-state index is -3.81. The van der Waals surface area contributed by atoms with Crippen molar-refractivity contribution in [3.8, 4) is 0 Å². The van der Waals surface area contributed by atoms with Crippen LogP contribution in [0.3, 0.4) is 0 Å². The number of hydrogen-bond donors (Lipinski definition) is 1. The molecule has 118 valence electrons. The van der Waals surface area contributed by atoms with Crippen LogP contribution in [0.2, 0.25) is 0 Å². The van der Waals surface area contributed by atoms with E-state index in [9.17, 15) is 13.5 Å². The molecule has 1 N–H and O–H groups in total. The summed E-state index contributed by atoms with van der Waals surface area (Å²) >= 11 is 0. The van der Waals surface area contributed by atoms with Gasteiger partial charge in [0.1, 0.15) is 0 Å². The van der Waals surface area contributed by atoms with Crippen LogP contribution in [0.5, 0.6) is 0 Å². The van der Waals surface area contributed by atoms with E-state index in [1.807, 2.05) is 6.07 Å². The van der Waals surface area contributed by atoms with Crippen molar-refractivity contribution in [3.63, 3.8) is 0 Å². The van der Waals surface area contributed by atoms with Crippen LogP contribution in [-0.2, 0) is 10.0 Å². The van der Waals surface area contributed by atoms with Gasteiger partial charge in [0, 0.05) is 11.6 Å². The Morgan fingerprint density at radius 3 is 2.48 bits per heavy atom. The van der Waals surface area contributed by atoms with E-state index < -0.39 is 10.0 Å². The molecule has 3 rings (SSSR count). The largest absolute Gasteiger partial charge is 0.394 e. The van der Waals surface area contributed by atoms with Crippen molar-refractivity contribution in [2.24, 2.45) is 0 Å². The number of fused-ring (bicyclic) bond motifs is 1. The van der Waals surface area contributed by atoms with Crippen LogP contribution < -0.4 is 4.31 Å². The number of hydrogen-bond acceptors (Lipinski definition) is 4. The van der Waals surface area contributed by atoms with Gasteiger partial charge in [0.2, 0.25) is 0 Å². The summed E-state index contributed by atoms with van der Waals surface area (Å²) in [4.78, 5) is 4.38. The lowest BCUT2D eigenvalue weighted by atomic mass is 10.2. The van der Waals surface area contributed by atoms with Gasteiger partial charge in [-0.25, -0.2) is 8.42 Å². The van der Waals surface area contributed by atoms with Gasteiger partial charge < -0.3 is 5.11 Å². The Morgan fingerprint density at radius 2 is 1.74 bits per heavy atom. The van der Waals surface area contributed by atoms with Crippen molar-refractivity contribution < 1.29 is 13.5 Å². The number of rotatable bonds is 5. The Balaban J connectivity index is 2.18. The van der Waals surface area contributed by atoms with Gasteiger partial charge in [0.05, 0.1) is 29.3 Å². The third kappa shape index (κ3) is 2.91. The zero-order valence-corrected chi connectivity index (χ0v) is 13.1. The van der Waals surface area contributed by atoms with Crippen LogP contribution in [0.25, 0.3) is 10.9 Å². The highest BCUT2D eigenvalue weighted by atomic mass is 32.2. The molecule has 0 saturated heterocycles. The molecular formula is C17H16N2O3S. The molecule has 6 heteroatoms. The average molecular weight is 328 g/mol. The van der Waals surface area contributed by atoms with Gasteiger partial charge in [-0.3, -0.25) is 9.29 Å². The number of aliphatic hydroxyl groups excluding tert-OH is 1. The predicted molar refractivity (Wildman–Crippen MR) is 89.8 cm³/mol. The molecule has 0 fully saturated rings. The Morgan fingerprint density at radius 1 is 0.957 bits per heavy atom. The number of aliphatic hydroxyl groups is 1. The van der Waals surface area contributed by atoms with Crippen LogP contribution >= 0.6 is 0 Å². The van der Waals surface area contributed by atoms with E-state index in [1.165, 1.54) is 4.31 Å². The molecule has 5 nitrogen and oxygen atoms in total. The summed E-state index contributed by atoms with van der Waals surface area (Å²) in [5.74, 6) is 0. The minimum absolute atomic E-state index is 0.0109. The van der Waals surface area contributed by atoms with Crippen LogP contribution in [0.15, 0.2) is 71.8 Å². The van der Waals surface area contributed by atoms with Gasteiger partial charge in [-0.1, -0.05) is 24.3 Å². The lowest BCUT2D eigenvalue weighted by Gasteiger charge is -2.24. The average Bonchev–Trinajstić information content (AvgIpc) is 2.59. The number of anilines is 1. The van der Waals surface area contributed by atoms with Crippen LogP contribution in [0, 0.1) is 0 Å². The molecule has 0 spiro atoms. The van der Waals surface area contributed by atoms with Gasteiger partial charge in [0.15, 0.2) is 0 Å². The third-order valence-corrected chi connectivity index (χ3v) is 5.41. The van der Waals surface area contributed by atoms with Gasteiger partial charge in [-0.15, -0.1) is 0 Å². The van der Waals surface area contributed by atoms with Crippen molar-refractivity contribution in [1.82, 2.24) is 4.98 Å². The summed E-state index contributed by atoms with van der Waals surface area (Å²) in [6.07, 6.45) is 1.63. The molecule has 0 aliphatic rings. The lowest BCUT2D eigenvalue weighted by Crippen LogP contribution is -2.33. The van der Waals surface area contributed by atoms with E-state index in [0.717, 1.165) is 0 Å². The summed E-state index contributed by atoms with van der Waals surface area (Å²) in [6.45, 7) is -0.278. The predicted octanol–water partition coefficient (Wildman–Crippen LogP) is 2.42. The minimum Gasteiger partial charge on any atom is -0.394 e. The maximum absolute atomic E-state index is 13.1. The molecule has 0 aliphatic carbocycles. The number of pyridine rings is 1. The molecule has 0 radical (unpaired) electrons. The molecule has 0 saturated carbocycles. The molecule has 0 atom stereocenters. The van der Waals surface area contributed by atoms with Crippen LogP contribution in [-0.4, -0.2) is 31.7 Å². The zero-order chi connectivity index (χ0) is 16.3. The normalized spacial score (nSPS) is 11.5. The Hall–Kier alpha value is -2.44. The Kier molecular flexibility index (Phi) is 4.27. The topological polar surface area (TPSA) is 70.5 Å². The number of nitrogens with zero attached hydrogens (tertiary/aromatic N) is 2. The van der Waals surface area contributed by atoms with E-state index in [-0.39, 0.29) is 18.0 Å². The first-order chi connectivity index (χ1) is 11.1. The summed E-state index contributed by atoms with van der Waals surface area (Å²) in [6, 6.07) is 17.2. The molecule has 1 heterocycles. The fourth-order valence-corrected chi connectivity index (χ4v) is 4.15. The second-order valence-electron chi connectivity index (χ2n) is 4.96. The van der Waals surface area contributed by atoms with E-state index >= 15 is 0 Å². The van der Waals surface area contributed by atoms with Crippen LogP contribution in [0.1, 0.15) is 0 Å². The van der Waals surface area contributed by atoms with Gasteiger partial charge >= 0.3 is 0 Å². The highest BCUT2D eigenvalue weighted by Crippen LogP contribution is 2.28. The highest BCUT2D eigenvalue weighted by molar-refractivity contribution is 7.93. The van der Waals surface area contributed by atoms with Crippen molar-refractivity contribution in [1.29, 1.82) is 0 Å². The first-order valence-corrected chi connectivity index (χ1v) is 8.61. The second-order valence-corrected chi connectivity index (χ2v) is 6.79. The molecule has 0 aliphatic heterocycles. The van der Waals surface area contributed by atoms with Crippen molar-refractivity contribution in [2.45, 2.75) is 4.90 Å². The fourth-order valence-electron chi connectivity index (χ4n) is 2.49. The maximum atomic E-state index is 13.1. The van der Waals surface area contributed by atoms with Gasteiger partial charge in [0.25, 0.3) is 10.0 Å². The Labute approximate surface area is 134 Å². The third-order valence-electron chi connectivity index (χ3n) is 3.52. The van der Waals surface area contributed by atoms with Crippen LogP contribution in [0.4, 0.5) is 5.69 Å². The number of sulfonamides is 1. The van der Waals surface area contributed by atoms with Crippen molar-refractivity contribution in [2.75, 3.05) is 17.5 Å². The quantitative estimate of drug-likeness (QED) is 0.781. The van der Waals surface area contributed by atoms with E-state index in [4.69, 9.17) is 0 Å². The number of aromatic nitrogens is 1. The summed E-state index contributed by atoms with van der Waals surface area (Å²) in [5, 5.41) is 9.87. The molecule has 1 aromatic heterocycles. The molecule has 0 bridgehead atoms. The second kappa shape index (κ2) is 6.36. The smallest absolute Gasteiger partial charge is 0.265 e. The molecular weight excluding hydrogens is 312 g/mol. The van der Waals surface area contributed by atoms with Gasteiger partial charge in [-0.05, 0) is 36.4 Å². The molecule has 0 unspecified atom stereocenters. The lowest BCUT2D eigenvalue weighted by molar-refractivity contribution is 0.306. The summed E-state index contributed by atoms with van der Waals surface area (Å²) < 4.78 is 27.5. The summed E-state index contributed by atoms with van der Waals surface area (Å²) in [5.41, 5.74) is 1.13. The zero-order valence-electron chi connectivity index (χ0n) is 12.3.